The molecule has 1 aliphatic carbocycles. The van der Waals surface area contributed by atoms with Crippen molar-refractivity contribution in [3.8, 4) is 11.8 Å². The molecule has 0 spiro atoms. The molecule has 8 heteroatoms. The van der Waals surface area contributed by atoms with Crippen molar-refractivity contribution in [1.29, 1.82) is 5.26 Å². The molecule has 37 heavy (non-hydrogen) atoms. The van der Waals surface area contributed by atoms with Crippen LogP contribution >= 0.6 is 11.3 Å². The van der Waals surface area contributed by atoms with Crippen LogP contribution in [-0.4, -0.2) is 33.3 Å². The topological polar surface area (TPSA) is 115 Å². The Morgan fingerprint density at radius 3 is 2.43 bits per heavy atom. The van der Waals surface area contributed by atoms with Crippen LogP contribution in [0.5, 0.6) is 5.75 Å². The second-order valence-corrected chi connectivity index (χ2v) is 11.2. The average molecular weight is 518 g/mol. The van der Waals surface area contributed by atoms with Crippen molar-refractivity contribution < 1.29 is 19.7 Å². The van der Waals surface area contributed by atoms with Crippen LogP contribution in [0.4, 0.5) is 5.69 Å². The molecule has 3 aromatic rings. The van der Waals surface area contributed by atoms with Crippen molar-refractivity contribution in [2.75, 3.05) is 5.32 Å². The Hall–Kier alpha value is -3.51. The smallest absolute Gasteiger partial charge is 0.225 e. The summed E-state index contributed by atoms with van der Waals surface area (Å²) >= 11 is 1.33. The van der Waals surface area contributed by atoms with Gasteiger partial charge >= 0.3 is 0 Å². The Morgan fingerprint density at radius 2 is 1.76 bits per heavy atom. The van der Waals surface area contributed by atoms with E-state index >= 15 is 0 Å². The number of hydrogen-bond donors (Lipinski definition) is 3. The summed E-state index contributed by atoms with van der Waals surface area (Å²) in [6.45, 7) is 9.65. The average Bonchev–Trinajstić information content (AvgIpc) is 3.28. The van der Waals surface area contributed by atoms with Crippen LogP contribution in [0, 0.1) is 16.7 Å². The lowest BCUT2D eigenvalue weighted by molar-refractivity contribution is -0.117. The third-order valence-corrected chi connectivity index (χ3v) is 7.90. The summed E-state index contributed by atoms with van der Waals surface area (Å²) in [5.74, 6) is 0.523. The van der Waals surface area contributed by atoms with E-state index in [4.69, 9.17) is 10.00 Å². The molecule has 0 saturated heterocycles. The van der Waals surface area contributed by atoms with Crippen molar-refractivity contribution in [2.45, 2.75) is 59.9 Å². The zero-order valence-corrected chi connectivity index (χ0v) is 22.4. The maximum atomic E-state index is 12.9. The number of amides is 1. The van der Waals surface area contributed by atoms with E-state index in [0.29, 0.717) is 34.2 Å². The molecule has 0 saturated carbocycles. The van der Waals surface area contributed by atoms with E-state index in [0.717, 1.165) is 26.9 Å². The summed E-state index contributed by atoms with van der Waals surface area (Å²) in [6.07, 6.45) is -1.39. The molecular weight excluding hydrogens is 486 g/mol. The Morgan fingerprint density at radius 1 is 1.08 bits per heavy atom. The van der Waals surface area contributed by atoms with Crippen LogP contribution in [-0.2, 0) is 11.4 Å². The number of anilines is 1. The minimum absolute atomic E-state index is 0.161. The van der Waals surface area contributed by atoms with Gasteiger partial charge in [0.25, 0.3) is 0 Å². The lowest BCUT2D eigenvalue weighted by Gasteiger charge is -2.38. The number of carbonyl (C=O) groups is 1. The first-order valence-corrected chi connectivity index (χ1v) is 12.9. The summed E-state index contributed by atoms with van der Waals surface area (Å²) < 4.78 is 6.80. The molecule has 1 aliphatic rings. The van der Waals surface area contributed by atoms with Gasteiger partial charge in [-0.25, -0.2) is 4.98 Å². The van der Waals surface area contributed by atoms with Crippen molar-refractivity contribution in [3.63, 3.8) is 0 Å². The van der Waals surface area contributed by atoms with Gasteiger partial charge in [0.15, 0.2) is 5.01 Å². The van der Waals surface area contributed by atoms with Gasteiger partial charge in [-0.1, -0.05) is 26.0 Å². The number of nitrogens with zero attached hydrogens (tertiary/aromatic N) is 2. The van der Waals surface area contributed by atoms with Crippen molar-refractivity contribution in [1.82, 2.24) is 4.98 Å². The molecule has 1 heterocycles. The largest absolute Gasteiger partial charge is 0.489 e. The van der Waals surface area contributed by atoms with E-state index in [1.54, 1.807) is 0 Å². The van der Waals surface area contributed by atoms with Crippen LogP contribution in [0.1, 0.15) is 51.6 Å². The van der Waals surface area contributed by atoms with Gasteiger partial charge < -0.3 is 20.3 Å². The molecule has 2 atom stereocenters. The van der Waals surface area contributed by atoms with Gasteiger partial charge in [0, 0.05) is 12.1 Å². The van der Waals surface area contributed by atoms with Crippen LogP contribution in [0.15, 0.2) is 64.8 Å². The summed E-state index contributed by atoms with van der Waals surface area (Å²) in [7, 11) is 0. The first-order valence-electron chi connectivity index (χ1n) is 12.1. The molecule has 0 radical (unpaired) electrons. The monoisotopic (exact) mass is 517 g/mol. The highest BCUT2D eigenvalue weighted by Crippen LogP contribution is 2.42. The fraction of sp³-hybridized carbons (Fsp3) is 0.345. The molecule has 0 fully saturated rings. The van der Waals surface area contributed by atoms with Crippen LogP contribution in [0.3, 0.4) is 0 Å². The van der Waals surface area contributed by atoms with Gasteiger partial charge in [-0.15, -0.1) is 11.3 Å². The Labute approximate surface area is 220 Å². The summed E-state index contributed by atoms with van der Waals surface area (Å²) in [5, 5.41) is 33.8. The highest BCUT2D eigenvalue weighted by molar-refractivity contribution is 7.19. The van der Waals surface area contributed by atoms with E-state index in [1.165, 1.54) is 11.3 Å². The third-order valence-electron chi connectivity index (χ3n) is 6.98. The van der Waals surface area contributed by atoms with Crippen molar-refractivity contribution in [2.24, 2.45) is 5.41 Å². The molecule has 2 aromatic carbocycles. The second kappa shape index (κ2) is 10.5. The lowest BCUT2D eigenvalue weighted by Crippen LogP contribution is -2.36. The normalized spacial score (nSPS) is 18.2. The predicted molar refractivity (Wildman–Crippen MR) is 145 cm³/mol. The van der Waals surface area contributed by atoms with E-state index in [2.05, 4.69) is 16.4 Å². The first kappa shape index (κ1) is 26.6. The number of benzene rings is 2. The molecule has 192 valence electrons. The van der Waals surface area contributed by atoms with Crippen LogP contribution < -0.4 is 10.1 Å². The molecule has 3 N–H and O–H groups in total. The maximum Gasteiger partial charge on any atom is 0.225 e. The predicted octanol–water partition coefficient (Wildman–Crippen LogP) is 5.49. The Bertz CT molecular complexity index is 1440. The van der Waals surface area contributed by atoms with Gasteiger partial charge in [-0.05, 0) is 84.4 Å². The number of thiazole rings is 1. The standard InChI is InChI=1S/C29H31N3O4S/c1-16-17(2)28(35)26(18(3)27(16)34)29(4,5)13-24(33)31-20-8-6-19(7-9-20)15-36-21-10-11-22-23(12-21)37-25(14-30)32-22/h6-12,27-28,34-35H,13,15H2,1-5H3,(H,31,33). The summed E-state index contributed by atoms with van der Waals surface area (Å²) in [4.78, 5) is 17.1. The van der Waals surface area contributed by atoms with Gasteiger partial charge in [0.2, 0.25) is 5.91 Å². The molecular formula is C29H31N3O4S. The number of aliphatic hydroxyl groups excluding tert-OH is 2. The second-order valence-electron chi connectivity index (χ2n) is 10.1. The van der Waals surface area contributed by atoms with E-state index in [-0.39, 0.29) is 12.3 Å². The van der Waals surface area contributed by atoms with Gasteiger partial charge in [-0.3, -0.25) is 4.79 Å². The number of nitriles is 1. The number of aliphatic hydroxyl groups is 2. The quantitative estimate of drug-likeness (QED) is 0.357. The summed E-state index contributed by atoms with van der Waals surface area (Å²) in [6, 6.07) is 15.1. The molecule has 7 nitrogen and oxygen atoms in total. The first-order chi connectivity index (χ1) is 17.5. The SMILES string of the molecule is CC1=C(C)C(O)C(C(C)(C)CC(=O)Nc2ccc(COc3ccc4nc(C#N)sc4c3)cc2)=C(C)C1O. The maximum absolute atomic E-state index is 12.9. The fourth-order valence-electron chi connectivity index (χ4n) is 4.83. The van der Waals surface area contributed by atoms with Gasteiger partial charge in [0.1, 0.15) is 18.4 Å². The number of fused-ring (bicyclic) bond motifs is 1. The number of ether oxygens (including phenoxy) is 1. The molecule has 0 bridgehead atoms. The van der Waals surface area contributed by atoms with Gasteiger partial charge in [0.05, 0.1) is 22.4 Å². The van der Waals surface area contributed by atoms with Crippen molar-refractivity contribution in [3.05, 3.63) is 75.3 Å². The van der Waals surface area contributed by atoms with E-state index in [1.807, 2.05) is 77.1 Å². The highest BCUT2D eigenvalue weighted by Gasteiger charge is 2.38. The highest BCUT2D eigenvalue weighted by atomic mass is 32.1. The zero-order valence-electron chi connectivity index (χ0n) is 21.6. The minimum atomic E-state index is -0.810. The number of aromatic nitrogens is 1. The van der Waals surface area contributed by atoms with Gasteiger partial charge in [-0.2, -0.15) is 5.26 Å². The van der Waals surface area contributed by atoms with Crippen LogP contribution in [0.2, 0.25) is 0 Å². The van der Waals surface area contributed by atoms with E-state index in [9.17, 15) is 15.0 Å². The molecule has 1 amide bonds. The Kier molecular flexibility index (Phi) is 7.51. The minimum Gasteiger partial charge on any atom is -0.489 e. The summed E-state index contributed by atoms with van der Waals surface area (Å²) in [5.41, 5.74) is 4.65. The number of nitrogens with one attached hydrogen (secondary N) is 1. The number of hydrogen-bond acceptors (Lipinski definition) is 7. The fourth-order valence-corrected chi connectivity index (χ4v) is 5.63. The van der Waals surface area contributed by atoms with E-state index < -0.39 is 17.6 Å². The lowest BCUT2D eigenvalue weighted by atomic mass is 9.70. The molecule has 2 unspecified atom stereocenters. The zero-order chi connectivity index (χ0) is 26.9. The van der Waals surface area contributed by atoms with Crippen LogP contribution in [0.25, 0.3) is 10.2 Å². The van der Waals surface area contributed by atoms with Crippen molar-refractivity contribution >= 4 is 33.1 Å². The Balaban J connectivity index is 1.36. The number of carbonyl (C=O) groups excluding carboxylic acids is 1. The number of rotatable bonds is 7. The molecule has 0 aliphatic heterocycles. The third kappa shape index (κ3) is 5.59. The molecule has 4 rings (SSSR count). The molecule has 1 aromatic heterocycles.